The second kappa shape index (κ2) is 8.07. The number of thiazole rings is 1. The van der Waals surface area contributed by atoms with E-state index < -0.39 is 16.7 Å². The molecule has 0 spiro atoms. The summed E-state index contributed by atoms with van der Waals surface area (Å²) in [6.07, 6.45) is 0.579. The van der Waals surface area contributed by atoms with Gasteiger partial charge in [-0.25, -0.2) is 4.98 Å². The zero-order valence-corrected chi connectivity index (χ0v) is 16.3. The van der Waals surface area contributed by atoms with Crippen LogP contribution in [0.2, 0.25) is 0 Å². The van der Waals surface area contributed by atoms with Gasteiger partial charge in [-0.2, -0.15) is 0 Å². The fraction of sp³-hybridized carbons (Fsp3) is 0.412. The van der Waals surface area contributed by atoms with E-state index in [9.17, 15) is 13.6 Å². The topological polar surface area (TPSA) is 94.1 Å². The molecule has 1 unspecified atom stereocenters. The molecule has 2 aromatic rings. The first-order chi connectivity index (χ1) is 11.6. The number of nitrogens with one attached hydrogen (secondary N) is 2. The number of amides is 1. The standard InChI is InChI=1S/C17H23N3O3S2/c1-11-10-24-15(18-11)14(19-16(21)17(2,3)4)9-12-5-7-13(8-6-12)20-25(22)23/h5-8,10,14,20H,9H2,1-4H3,(H,19,21)(H,22,23)/p-1/t14-/m0/s1. The zero-order valence-electron chi connectivity index (χ0n) is 14.7. The molecule has 136 valence electrons. The van der Waals surface area contributed by atoms with Gasteiger partial charge in [-0.05, 0) is 31.0 Å². The molecule has 2 N–H and O–H groups in total. The van der Waals surface area contributed by atoms with E-state index in [1.54, 1.807) is 12.1 Å². The molecule has 25 heavy (non-hydrogen) atoms. The van der Waals surface area contributed by atoms with Gasteiger partial charge in [0.15, 0.2) is 0 Å². The van der Waals surface area contributed by atoms with Gasteiger partial charge in [0.2, 0.25) is 5.91 Å². The lowest BCUT2D eigenvalue weighted by Crippen LogP contribution is -2.38. The molecule has 0 aliphatic heterocycles. The molecule has 0 radical (unpaired) electrons. The van der Waals surface area contributed by atoms with Crippen LogP contribution in [0.1, 0.15) is 43.1 Å². The van der Waals surface area contributed by atoms with Crippen molar-refractivity contribution in [2.45, 2.75) is 40.2 Å². The monoisotopic (exact) mass is 380 g/mol. The molecule has 0 saturated heterocycles. The lowest BCUT2D eigenvalue weighted by atomic mass is 9.94. The second-order valence-corrected chi connectivity index (χ2v) is 8.40. The predicted molar refractivity (Wildman–Crippen MR) is 99.9 cm³/mol. The highest BCUT2D eigenvalue weighted by atomic mass is 32.2. The highest BCUT2D eigenvalue weighted by Gasteiger charge is 2.26. The number of carbonyl (C=O) groups is 1. The molecule has 1 aromatic heterocycles. The minimum absolute atomic E-state index is 0.0367. The van der Waals surface area contributed by atoms with Gasteiger partial charge < -0.3 is 14.6 Å². The van der Waals surface area contributed by atoms with Crippen molar-refractivity contribution in [3.8, 4) is 0 Å². The van der Waals surface area contributed by atoms with Gasteiger partial charge in [-0.3, -0.25) is 9.00 Å². The molecule has 1 heterocycles. The largest absolute Gasteiger partial charge is 0.755 e. The molecule has 0 saturated carbocycles. The van der Waals surface area contributed by atoms with Crippen molar-refractivity contribution < 1.29 is 13.6 Å². The van der Waals surface area contributed by atoms with E-state index in [1.165, 1.54) is 11.3 Å². The molecule has 1 amide bonds. The Morgan fingerprint density at radius 1 is 1.32 bits per heavy atom. The Morgan fingerprint density at radius 2 is 1.96 bits per heavy atom. The third-order valence-electron chi connectivity index (χ3n) is 3.52. The summed E-state index contributed by atoms with van der Waals surface area (Å²) in [7, 11) is 0. The number of aryl methyl sites for hydroxylation is 1. The van der Waals surface area contributed by atoms with Gasteiger partial charge in [-0.15, -0.1) is 11.3 Å². The maximum absolute atomic E-state index is 12.4. The van der Waals surface area contributed by atoms with Crippen molar-refractivity contribution in [3.63, 3.8) is 0 Å². The third-order valence-corrected chi connectivity index (χ3v) is 4.99. The molecule has 6 nitrogen and oxygen atoms in total. The van der Waals surface area contributed by atoms with Crippen LogP contribution in [0.3, 0.4) is 0 Å². The second-order valence-electron chi connectivity index (χ2n) is 6.84. The molecule has 0 aliphatic rings. The molecule has 2 atom stereocenters. The van der Waals surface area contributed by atoms with Crippen molar-refractivity contribution in [2.75, 3.05) is 4.72 Å². The summed E-state index contributed by atoms with van der Waals surface area (Å²) in [5, 5.41) is 5.90. The van der Waals surface area contributed by atoms with Gasteiger partial charge in [0.25, 0.3) is 0 Å². The quantitative estimate of drug-likeness (QED) is 0.753. The van der Waals surface area contributed by atoms with Crippen molar-refractivity contribution in [2.24, 2.45) is 5.41 Å². The lowest BCUT2D eigenvalue weighted by Gasteiger charge is -2.23. The van der Waals surface area contributed by atoms with Crippen LogP contribution in [-0.2, 0) is 22.5 Å². The average molecular weight is 381 g/mol. The van der Waals surface area contributed by atoms with Crippen molar-refractivity contribution in [3.05, 3.63) is 45.9 Å². The maximum Gasteiger partial charge on any atom is 0.225 e. The van der Waals surface area contributed by atoms with Gasteiger partial charge in [0.05, 0.1) is 6.04 Å². The van der Waals surface area contributed by atoms with E-state index >= 15 is 0 Å². The minimum Gasteiger partial charge on any atom is -0.755 e. The summed E-state index contributed by atoms with van der Waals surface area (Å²) in [6.45, 7) is 7.54. The first-order valence-electron chi connectivity index (χ1n) is 7.83. The first-order valence-corrected chi connectivity index (χ1v) is 9.78. The summed E-state index contributed by atoms with van der Waals surface area (Å²) in [5.41, 5.74) is 1.91. The zero-order chi connectivity index (χ0) is 18.6. The number of hydrogen-bond acceptors (Lipinski definition) is 5. The van der Waals surface area contributed by atoms with Crippen LogP contribution in [-0.4, -0.2) is 19.7 Å². The third kappa shape index (κ3) is 5.91. The van der Waals surface area contributed by atoms with Crippen LogP contribution in [0.4, 0.5) is 5.69 Å². The van der Waals surface area contributed by atoms with E-state index in [4.69, 9.17) is 0 Å². The fourth-order valence-corrected chi connectivity index (χ4v) is 3.32. The Balaban J connectivity index is 2.18. The number of rotatable bonds is 6. The number of anilines is 1. The van der Waals surface area contributed by atoms with Crippen LogP contribution < -0.4 is 10.0 Å². The number of benzene rings is 1. The molecule has 0 aliphatic carbocycles. The smallest absolute Gasteiger partial charge is 0.225 e. The molecule has 0 fully saturated rings. The summed E-state index contributed by atoms with van der Waals surface area (Å²) in [4.78, 5) is 16.9. The normalized spacial score (nSPS) is 14.0. The Hall–Kier alpha value is -1.77. The predicted octanol–water partition coefficient (Wildman–Crippen LogP) is 3.10. The van der Waals surface area contributed by atoms with Crippen molar-refractivity contribution in [1.82, 2.24) is 10.3 Å². The molecular formula is C17H22N3O3S2-. The highest BCUT2D eigenvalue weighted by Crippen LogP contribution is 2.25. The Morgan fingerprint density at radius 3 is 2.44 bits per heavy atom. The van der Waals surface area contributed by atoms with E-state index in [2.05, 4.69) is 15.0 Å². The molecular weight excluding hydrogens is 358 g/mol. The first kappa shape index (κ1) is 19.6. The van der Waals surface area contributed by atoms with E-state index in [-0.39, 0.29) is 11.9 Å². The van der Waals surface area contributed by atoms with Crippen LogP contribution in [0.25, 0.3) is 0 Å². The van der Waals surface area contributed by atoms with Gasteiger partial charge >= 0.3 is 0 Å². The maximum atomic E-state index is 12.4. The van der Waals surface area contributed by atoms with Crippen molar-refractivity contribution >= 4 is 34.2 Å². The average Bonchev–Trinajstić information content (AvgIpc) is 2.93. The Labute approximate surface area is 154 Å². The lowest BCUT2D eigenvalue weighted by molar-refractivity contribution is -0.129. The summed E-state index contributed by atoms with van der Waals surface area (Å²) in [6, 6.07) is 6.84. The molecule has 2 rings (SSSR count). The Kier molecular flexibility index (Phi) is 6.31. The van der Waals surface area contributed by atoms with Crippen LogP contribution in [0, 0.1) is 12.3 Å². The number of carbonyl (C=O) groups excluding carboxylic acids is 1. The number of hydrogen-bond donors (Lipinski definition) is 2. The molecule has 0 bridgehead atoms. The minimum atomic E-state index is -2.34. The molecule has 1 aromatic carbocycles. The van der Waals surface area contributed by atoms with Gasteiger partial charge in [0, 0.05) is 33.4 Å². The van der Waals surface area contributed by atoms with E-state index in [0.29, 0.717) is 12.1 Å². The highest BCUT2D eigenvalue weighted by molar-refractivity contribution is 7.80. The number of aromatic nitrogens is 1. The SMILES string of the molecule is Cc1csc([C@H](Cc2ccc(NS(=O)[O-])cc2)NC(=O)C(C)(C)C)n1. The summed E-state index contributed by atoms with van der Waals surface area (Å²) in [5.74, 6) is -0.0367. The van der Waals surface area contributed by atoms with E-state index in [0.717, 1.165) is 16.3 Å². The van der Waals surface area contributed by atoms with Crippen LogP contribution >= 0.6 is 11.3 Å². The van der Waals surface area contributed by atoms with Gasteiger partial charge in [0.1, 0.15) is 5.01 Å². The van der Waals surface area contributed by atoms with Gasteiger partial charge in [-0.1, -0.05) is 32.9 Å². The summed E-state index contributed by atoms with van der Waals surface area (Å²) >= 11 is -0.823. The van der Waals surface area contributed by atoms with Crippen molar-refractivity contribution in [1.29, 1.82) is 0 Å². The van der Waals surface area contributed by atoms with Crippen LogP contribution in [0.5, 0.6) is 0 Å². The van der Waals surface area contributed by atoms with Crippen LogP contribution in [0.15, 0.2) is 29.6 Å². The van der Waals surface area contributed by atoms with E-state index in [1.807, 2.05) is 45.2 Å². The number of nitrogens with zero attached hydrogens (tertiary/aromatic N) is 1. The molecule has 8 heteroatoms. The Bertz CT molecular complexity index is 751. The fourth-order valence-electron chi connectivity index (χ4n) is 2.15. The summed E-state index contributed by atoms with van der Waals surface area (Å²) < 4.78 is 23.6.